The summed E-state index contributed by atoms with van der Waals surface area (Å²) >= 11 is 0. The molecule has 14 nitrogen and oxygen atoms in total. The van der Waals surface area contributed by atoms with Crippen molar-refractivity contribution in [3.05, 3.63) is 48.5 Å². The van der Waals surface area contributed by atoms with Crippen LogP contribution >= 0.6 is 0 Å². The van der Waals surface area contributed by atoms with Crippen molar-refractivity contribution in [2.24, 2.45) is 11.7 Å². The second-order valence-electron chi connectivity index (χ2n) is 3.10. The lowest BCUT2D eigenvalue weighted by Crippen LogP contribution is -2.43. The highest BCUT2D eigenvalue weighted by atomic mass is 16.6. The first kappa shape index (κ1) is 17.6. The molecule has 1 aromatic rings. The van der Waals surface area contributed by atoms with Gasteiger partial charge in [-0.1, -0.05) is 0 Å². The number of urea groups is 1. The van der Waals surface area contributed by atoms with Crippen LogP contribution in [0.15, 0.2) is 18.2 Å². The molecule has 6 N–H and O–H groups in total. The van der Waals surface area contributed by atoms with Gasteiger partial charge in [-0.05, 0) is 0 Å². The lowest BCUT2D eigenvalue weighted by molar-refractivity contribution is -0.403. The van der Waals surface area contributed by atoms with Crippen LogP contribution < -0.4 is 22.5 Å². The standard InChI is InChI=1S/C6H3N3O6.CH6N4O/c10-7(11)4-1-5(8(12)13)3-6(2-4)9(14)15;2-4-1(6)5-3/h1-3H;2-3H2,(H2,4,5,6). The Morgan fingerprint density at radius 3 is 1.14 bits per heavy atom. The second-order valence-corrected chi connectivity index (χ2v) is 3.10. The SMILES string of the molecule is NNC(=O)NN.O=[N+]([O-])c1cc([N+](=O)[O-])cc([N+](=O)[O-])c1. The highest BCUT2D eigenvalue weighted by Gasteiger charge is 2.21. The Balaban J connectivity index is 0.000000567. The molecule has 2 amide bonds. The van der Waals surface area contributed by atoms with Gasteiger partial charge in [0.05, 0.1) is 33.0 Å². The van der Waals surface area contributed by atoms with E-state index in [9.17, 15) is 35.1 Å². The molecule has 0 aliphatic rings. The van der Waals surface area contributed by atoms with E-state index >= 15 is 0 Å². The molecule has 21 heavy (non-hydrogen) atoms. The minimum Gasteiger partial charge on any atom is -0.275 e. The largest absolute Gasteiger partial charge is 0.343 e. The predicted octanol–water partition coefficient (Wildman–Crippen LogP) is -0.556. The molecule has 0 spiro atoms. The minimum atomic E-state index is -0.931. The number of nitro benzene ring substituents is 3. The van der Waals surface area contributed by atoms with E-state index in [0.717, 1.165) is 0 Å². The average molecular weight is 303 g/mol. The maximum Gasteiger partial charge on any atom is 0.343 e. The van der Waals surface area contributed by atoms with E-state index < -0.39 is 37.9 Å². The third kappa shape index (κ3) is 5.85. The molecule has 0 saturated heterocycles. The third-order valence-corrected chi connectivity index (χ3v) is 1.78. The highest BCUT2D eigenvalue weighted by Crippen LogP contribution is 2.26. The molecule has 0 radical (unpaired) electrons. The fourth-order valence-electron chi connectivity index (χ4n) is 0.937. The molecular formula is C7H9N7O7. The molecule has 1 rings (SSSR count). The summed E-state index contributed by atoms with van der Waals surface area (Å²) in [5.41, 5.74) is 1.43. The van der Waals surface area contributed by atoms with Gasteiger partial charge < -0.3 is 0 Å². The number of rotatable bonds is 3. The topological polar surface area (TPSA) is 223 Å². The average Bonchev–Trinajstić information content (AvgIpc) is 2.46. The molecule has 114 valence electrons. The molecule has 0 fully saturated rings. The van der Waals surface area contributed by atoms with Gasteiger partial charge in [0.25, 0.3) is 17.1 Å². The normalized spacial score (nSPS) is 8.86. The first-order valence-corrected chi connectivity index (χ1v) is 4.78. The van der Waals surface area contributed by atoms with E-state index in [2.05, 4.69) is 11.7 Å². The Hall–Kier alpha value is -3.39. The van der Waals surface area contributed by atoms with Gasteiger partial charge >= 0.3 is 6.03 Å². The van der Waals surface area contributed by atoms with Crippen LogP contribution in [0.3, 0.4) is 0 Å². The predicted molar refractivity (Wildman–Crippen MR) is 66.4 cm³/mol. The lowest BCUT2D eigenvalue weighted by atomic mass is 10.2. The van der Waals surface area contributed by atoms with Crippen molar-refractivity contribution in [1.29, 1.82) is 0 Å². The van der Waals surface area contributed by atoms with Crippen LogP contribution in [0.5, 0.6) is 0 Å². The van der Waals surface area contributed by atoms with Crippen molar-refractivity contribution in [3.63, 3.8) is 0 Å². The molecule has 0 aliphatic heterocycles. The number of nitro groups is 3. The van der Waals surface area contributed by atoms with Crippen LogP contribution in [0.1, 0.15) is 0 Å². The van der Waals surface area contributed by atoms with E-state index in [1.165, 1.54) is 0 Å². The summed E-state index contributed by atoms with van der Waals surface area (Å²) in [7, 11) is 0. The molecule has 0 aromatic heterocycles. The number of benzene rings is 1. The Bertz CT molecular complexity index is 489. The van der Waals surface area contributed by atoms with Gasteiger partial charge in [0.15, 0.2) is 0 Å². The number of nitrogens with two attached hydrogens (primary N) is 2. The first-order valence-electron chi connectivity index (χ1n) is 4.78. The molecule has 0 unspecified atom stereocenters. The van der Waals surface area contributed by atoms with Crippen LogP contribution in [0, 0.1) is 30.3 Å². The molecule has 0 heterocycles. The van der Waals surface area contributed by atoms with Gasteiger partial charge in [-0.15, -0.1) is 0 Å². The van der Waals surface area contributed by atoms with Gasteiger partial charge in [0.2, 0.25) is 0 Å². The molecule has 0 bridgehead atoms. The van der Waals surface area contributed by atoms with E-state index in [-0.39, 0.29) is 0 Å². The summed E-state index contributed by atoms with van der Waals surface area (Å²) < 4.78 is 0. The number of nitrogens with one attached hydrogen (secondary N) is 2. The maximum absolute atomic E-state index is 10.3. The van der Waals surface area contributed by atoms with Crippen LogP contribution in [0.25, 0.3) is 0 Å². The quantitative estimate of drug-likeness (QED) is 0.242. The van der Waals surface area contributed by atoms with Crippen LogP contribution in [0.2, 0.25) is 0 Å². The van der Waals surface area contributed by atoms with Gasteiger partial charge in [0.1, 0.15) is 0 Å². The van der Waals surface area contributed by atoms with E-state index in [4.69, 9.17) is 0 Å². The molecule has 0 atom stereocenters. The number of hydrogen-bond donors (Lipinski definition) is 4. The number of non-ortho nitro benzene ring substituents is 3. The molecular weight excluding hydrogens is 294 g/mol. The lowest BCUT2D eigenvalue weighted by Gasteiger charge is -1.93. The number of carbonyl (C=O) groups excluding carboxylic acids is 1. The second kappa shape index (κ2) is 7.92. The summed E-state index contributed by atoms with van der Waals surface area (Å²) in [6.07, 6.45) is 0. The summed E-state index contributed by atoms with van der Waals surface area (Å²) in [4.78, 5) is 37.8. The van der Waals surface area contributed by atoms with E-state index in [1.807, 2.05) is 0 Å². The Kier molecular flexibility index (Phi) is 6.64. The Morgan fingerprint density at radius 2 is 1.05 bits per heavy atom. The zero-order valence-electron chi connectivity index (χ0n) is 10.1. The van der Waals surface area contributed by atoms with E-state index in [0.29, 0.717) is 18.2 Å². The minimum absolute atomic E-state index is 0.602. The fraction of sp³-hybridized carbons (Fsp3) is 0. The number of hydrogen-bond acceptors (Lipinski definition) is 9. The number of carbonyl (C=O) groups is 1. The number of hydrazine groups is 2. The zero-order chi connectivity index (χ0) is 16.6. The summed E-state index contributed by atoms with van der Waals surface area (Å²) in [6, 6.07) is 1.38. The van der Waals surface area contributed by atoms with Crippen molar-refractivity contribution in [2.75, 3.05) is 0 Å². The molecule has 0 aliphatic carbocycles. The van der Waals surface area contributed by atoms with E-state index in [1.54, 1.807) is 10.9 Å². The van der Waals surface area contributed by atoms with Gasteiger partial charge in [-0.2, -0.15) is 0 Å². The third-order valence-electron chi connectivity index (χ3n) is 1.78. The van der Waals surface area contributed by atoms with Gasteiger partial charge in [-0.3, -0.25) is 41.2 Å². The van der Waals surface area contributed by atoms with Crippen LogP contribution in [-0.2, 0) is 0 Å². The van der Waals surface area contributed by atoms with Gasteiger partial charge in [0, 0.05) is 0 Å². The van der Waals surface area contributed by atoms with Crippen LogP contribution in [-0.4, -0.2) is 20.8 Å². The first-order chi connectivity index (χ1) is 9.72. The smallest absolute Gasteiger partial charge is 0.275 e. The number of amides is 2. The molecule has 0 saturated carbocycles. The van der Waals surface area contributed by atoms with Crippen molar-refractivity contribution in [2.45, 2.75) is 0 Å². The van der Waals surface area contributed by atoms with Crippen molar-refractivity contribution in [1.82, 2.24) is 10.9 Å². The number of nitrogens with zero attached hydrogens (tertiary/aromatic N) is 3. The molecule has 14 heteroatoms. The van der Waals surface area contributed by atoms with Crippen LogP contribution in [0.4, 0.5) is 21.9 Å². The molecule has 1 aromatic carbocycles. The highest BCUT2D eigenvalue weighted by molar-refractivity contribution is 5.72. The zero-order valence-corrected chi connectivity index (χ0v) is 10.1. The summed E-state index contributed by atoms with van der Waals surface area (Å²) in [6.45, 7) is 0. The van der Waals surface area contributed by atoms with Crippen molar-refractivity contribution < 1.29 is 19.6 Å². The summed E-state index contributed by atoms with van der Waals surface area (Å²) in [5, 5.41) is 30.9. The van der Waals surface area contributed by atoms with Gasteiger partial charge in [-0.25, -0.2) is 16.5 Å². The Morgan fingerprint density at radius 1 is 0.810 bits per heavy atom. The van der Waals surface area contributed by atoms with Crippen molar-refractivity contribution in [3.8, 4) is 0 Å². The fourth-order valence-corrected chi connectivity index (χ4v) is 0.937. The maximum atomic E-state index is 10.3. The summed E-state index contributed by atoms with van der Waals surface area (Å²) in [5.74, 6) is 9.08. The monoisotopic (exact) mass is 303 g/mol. The Labute approximate surface area is 115 Å². The van der Waals surface area contributed by atoms with Crippen molar-refractivity contribution >= 4 is 23.1 Å².